The number of hydrogen-bond acceptors (Lipinski definition) is 4. The highest BCUT2D eigenvalue weighted by atomic mass is 16.4. The van der Waals surface area contributed by atoms with E-state index in [1.165, 1.54) is 0 Å². The molecule has 0 amide bonds. The molecule has 1 atom stereocenters. The molecular formula is C14H16N2O3. The quantitative estimate of drug-likeness (QED) is 0.918. The van der Waals surface area contributed by atoms with E-state index in [-0.39, 0.29) is 0 Å². The van der Waals surface area contributed by atoms with Gasteiger partial charge in [-0.2, -0.15) is 0 Å². The van der Waals surface area contributed by atoms with Crippen LogP contribution in [-0.4, -0.2) is 21.0 Å². The molecule has 2 rings (SSSR count). The Kier molecular flexibility index (Phi) is 3.38. The second kappa shape index (κ2) is 4.84. The molecular weight excluding hydrogens is 244 g/mol. The van der Waals surface area contributed by atoms with Crippen molar-refractivity contribution in [1.82, 2.24) is 9.97 Å². The summed E-state index contributed by atoms with van der Waals surface area (Å²) in [5.41, 5.74) is 2.90. The zero-order valence-corrected chi connectivity index (χ0v) is 11.4. The fourth-order valence-corrected chi connectivity index (χ4v) is 2.21. The molecule has 0 saturated carbocycles. The average molecular weight is 260 g/mol. The lowest BCUT2D eigenvalue weighted by atomic mass is 9.98. The van der Waals surface area contributed by atoms with Gasteiger partial charge >= 0.3 is 5.97 Å². The molecule has 0 saturated heterocycles. The molecule has 1 unspecified atom stereocenters. The second-order valence-corrected chi connectivity index (χ2v) is 4.58. The van der Waals surface area contributed by atoms with Crippen molar-refractivity contribution in [2.24, 2.45) is 0 Å². The molecule has 0 radical (unpaired) electrons. The van der Waals surface area contributed by atoms with Gasteiger partial charge in [0, 0.05) is 17.0 Å². The van der Waals surface area contributed by atoms with Crippen molar-refractivity contribution in [3.8, 4) is 11.4 Å². The number of carboxylic acids is 1. The summed E-state index contributed by atoms with van der Waals surface area (Å²) in [5.74, 6) is -0.165. The number of aromatic nitrogens is 2. The number of hydrogen-bond donors (Lipinski definition) is 1. The highest BCUT2D eigenvalue weighted by molar-refractivity contribution is 5.76. The van der Waals surface area contributed by atoms with Crippen molar-refractivity contribution in [2.45, 2.75) is 33.6 Å². The number of nitrogens with zero attached hydrogens (tertiary/aromatic N) is 2. The van der Waals surface area contributed by atoms with E-state index >= 15 is 0 Å². The molecule has 0 aliphatic rings. The monoisotopic (exact) mass is 260 g/mol. The zero-order chi connectivity index (χ0) is 14.2. The number of rotatable bonds is 3. The molecule has 0 aliphatic heterocycles. The van der Waals surface area contributed by atoms with Crippen molar-refractivity contribution >= 4 is 5.97 Å². The summed E-state index contributed by atoms with van der Waals surface area (Å²) in [6.07, 6.45) is 1.59. The van der Waals surface area contributed by atoms with Gasteiger partial charge in [0.25, 0.3) is 0 Å². The average Bonchev–Trinajstić information content (AvgIpc) is 2.74. The maximum Gasteiger partial charge on any atom is 0.310 e. The third-order valence-corrected chi connectivity index (χ3v) is 3.23. The van der Waals surface area contributed by atoms with Crippen molar-refractivity contribution in [1.29, 1.82) is 0 Å². The van der Waals surface area contributed by atoms with Gasteiger partial charge in [-0.25, -0.2) is 9.97 Å². The van der Waals surface area contributed by atoms with E-state index in [1.807, 2.05) is 26.8 Å². The van der Waals surface area contributed by atoms with Crippen LogP contribution in [0.5, 0.6) is 0 Å². The summed E-state index contributed by atoms with van der Waals surface area (Å²) < 4.78 is 5.24. The maximum absolute atomic E-state index is 11.1. The van der Waals surface area contributed by atoms with Crippen molar-refractivity contribution in [3.63, 3.8) is 0 Å². The van der Waals surface area contributed by atoms with Crippen LogP contribution in [-0.2, 0) is 4.79 Å². The zero-order valence-electron chi connectivity index (χ0n) is 11.4. The van der Waals surface area contributed by atoms with Crippen LogP contribution in [0.15, 0.2) is 16.7 Å². The van der Waals surface area contributed by atoms with Gasteiger partial charge in [-0.15, -0.1) is 0 Å². The SMILES string of the molecule is Cc1nc(-c2ccoc2C)nc(C)c1C(C)C(=O)O. The van der Waals surface area contributed by atoms with Gasteiger partial charge in [0.1, 0.15) is 5.76 Å². The van der Waals surface area contributed by atoms with Crippen LogP contribution < -0.4 is 0 Å². The Morgan fingerprint density at radius 3 is 2.26 bits per heavy atom. The molecule has 0 spiro atoms. The van der Waals surface area contributed by atoms with E-state index in [0.29, 0.717) is 22.8 Å². The molecule has 0 aromatic carbocycles. The number of furan rings is 1. The lowest BCUT2D eigenvalue weighted by Gasteiger charge is -2.13. The largest absolute Gasteiger partial charge is 0.481 e. The van der Waals surface area contributed by atoms with E-state index in [9.17, 15) is 4.79 Å². The minimum atomic E-state index is -0.873. The Hall–Kier alpha value is -2.17. The lowest BCUT2D eigenvalue weighted by molar-refractivity contribution is -0.138. The third kappa shape index (κ3) is 2.36. The Bertz CT molecular complexity index is 608. The minimum Gasteiger partial charge on any atom is -0.481 e. The highest BCUT2D eigenvalue weighted by Crippen LogP contribution is 2.26. The molecule has 0 aliphatic carbocycles. The molecule has 2 heterocycles. The fourth-order valence-electron chi connectivity index (χ4n) is 2.21. The Balaban J connectivity index is 2.54. The van der Waals surface area contributed by atoms with Gasteiger partial charge in [0.05, 0.1) is 17.7 Å². The molecule has 1 N–H and O–H groups in total. The molecule has 19 heavy (non-hydrogen) atoms. The molecule has 5 heteroatoms. The summed E-state index contributed by atoms with van der Waals surface area (Å²) in [6, 6.07) is 1.81. The summed E-state index contributed by atoms with van der Waals surface area (Å²) in [7, 11) is 0. The first-order valence-electron chi connectivity index (χ1n) is 6.04. The number of carboxylic acid groups (broad SMARTS) is 1. The van der Waals surface area contributed by atoms with Crippen LogP contribution in [0.2, 0.25) is 0 Å². The van der Waals surface area contributed by atoms with E-state index < -0.39 is 11.9 Å². The normalized spacial score (nSPS) is 12.4. The first-order valence-corrected chi connectivity index (χ1v) is 6.04. The molecule has 2 aromatic rings. The number of aliphatic carboxylic acids is 1. The fraction of sp³-hybridized carbons (Fsp3) is 0.357. The van der Waals surface area contributed by atoms with E-state index in [1.54, 1.807) is 13.2 Å². The minimum absolute atomic E-state index is 0.572. The summed E-state index contributed by atoms with van der Waals surface area (Å²) in [5, 5.41) is 9.11. The van der Waals surface area contributed by atoms with Crippen LogP contribution in [0.4, 0.5) is 0 Å². The van der Waals surface area contributed by atoms with Gasteiger partial charge in [0.2, 0.25) is 0 Å². The number of aryl methyl sites for hydroxylation is 3. The second-order valence-electron chi connectivity index (χ2n) is 4.58. The summed E-state index contributed by atoms with van der Waals surface area (Å²) >= 11 is 0. The smallest absolute Gasteiger partial charge is 0.310 e. The van der Waals surface area contributed by atoms with E-state index in [4.69, 9.17) is 9.52 Å². The van der Waals surface area contributed by atoms with Gasteiger partial charge in [-0.05, 0) is 33.8 Å². The molecule has 5 nitrogen and oxygen atoms in total. The van der Waals surface area contributed by atoms with E-state index in [2.05, 4.69) is 9.97 Å². The molecule has 0 bridgehead atoms. The van der Waals surface area contributed by atoms with Crippen LogP contribution in [0.1, 0.15) is 35.6 Å². The predicted molar refractivity (Wildman–Crippen MR) is 70.0 cm³/mol. The first kappa shape index (κ1) is 13.3. The van der Waals surface area contributed by atoms with E-state index in [0.717, 1.165) is 11.3 Å². The van der Waals surface area contributed by atoms with Gasteiger partial charge < -0.3 is 9.52 Å². The third-order valence-electron chi connectivity index (χ3n) is 3.23. The van der Waals surface area contributed by atoms with Gasteiger partial charge in [-0.1, -0.05) is 0 Å². The van der Waals surface area contributed by atoms with Crippen LogP contribution >= 0.6 is 0 Å². The van der Waals surface area contributed by atoms with Crippen LogP contribution in [0.25, 0.3) is 11.4 Å². The molecule has 100 valence electrons. The van der Waals surface area contributed by atoms with Crippen molar-refractivity contribution in [3.05, 3.63) is 35.0 Å². The lowest BCUT2D eigenvalue weighted by Crippen LogP contribution is -2.13. The van der Waals surface area contributed by atoms with Crippen LogP contribution in [0, 0.1) is 20.8 Å². The van der Waals surface area contributed by atoms with Crippen LogP contribution in [0.3, 0.4) is 0 Å². The molecule has 2 aromatic heterocycles. The molecule has 0 fully saturated rings. The summed E-state index contributed by atoms with van der Waals surface area (Å²) in [6.45, 7) is 7.10. The standard InChI is InChI=1S/C14H16N2O3/c1-7(14(17)18)12-8(2)15-13(16-9(12)3)11-5-6-19-10(11)4/h5-7H,1-4H3,(H,17,18). The van der Waals surface area contributed by atoms with Gasteiger partial charge in [0.15, 0.2) is 5.82 Å². The predicted octanol–water partition coefficient (Wildman–Crippen LogP) is 2.85. The first-order chi connectivity index (χ1) is 8.91. The van der Waals surface area contributed by atoms with Crippen molar-refractivity contribution < 1.29 is 14.3 Å². The Morgan fingerprint density at radius 2 is 1.84 bits per heavy atom. The Labute approximate surface area is 111 Å². The summed E-state index contributed by atoms with van der Waals surface area (Å²) in [4.78, 5) is 19.9. The Morgan fingerprint density at radius 1 is 1.26 bits per heavy atom. The van der Waals surface area contributed by atoms with Gasteiger partial charge in [-0.3, -0.25) is 4.79 Å². The maximum atomic E-state index is 11.1. The van der Waals surface area contributed by atoms with Crippen molar-refractivity contribution in [2.75, 3.05) is 0 Å². The topological polar surface area (TPSA) is 76.2 Å². The highest BCUT2D eigenvalue weighted by Gasteiger charge is 2.21. The number of carbonyl (C=O) groups is 1.